The normalized spacial score (nSPS) is 10.9. The predicted octanol–water partition coefficient (Wildman–Crippen LogP) is 6.76. The Bertz CT molecular complexity index is 917. The maximum atomic E-state index is 13.9. The topological polar surface area (TPSA) is 9.23 Å². The van der Waals surface area contributed by atoms with Crippen LogP contribution in [0.3, 0.4) is 0 Å². The number of rotatable bonds is 7. The van der Waals surface area contributed by atoms with Gasteiger partial charge in [0.25, 0.3) is 0 Å². The van der Waals surface area contributed by atoms with Gasteiger partial charge in [0, 0.05) is 11.1 Å². The largest absolute Gasteiger partial charge is 0.494 e. The van der Waals surface area contributed by atoms with Crippen molar-refractivity contribution in [2.45, 2.75) is 46.0 Å². The van der Waals surface area contributed by atoms with Gasteiger partial charge in [-0.2, -0.15) is 8.78 Å². The summed E-state index contributed by atoms with van der Waals surface area (Å²) in [5, 5.41) is 0. The van der Waals surface area contributed by atoms with E-state index in [9.17, 15) is 8.78 Å². The van der Waals surface area contributed by atoms with Crippen LogP contribution in [0.25, 0.3) is 0 Å². The Morgan fingerprint density at radius 2 is 1.31 bits per heavy atom. The first-order valence-corrected chi connectivity index (χ1v) is 10.0. The van der Waals surface area contributed by atoms with E-state index in [-0.39, 0.29) is 0 Å². The molecular weight excluding hydrogens is 366 g/mol. The third-order valence-corrected chi connectivity index (χ3v) is 4.26. The second-order valence-electron chi connectivity index (χ2n) is 6.59. The zero-order chi connectivity index (χ0) is 20.9. The first-order chi connectivity index (χ1) is 14.1. The van der Waals surface area contributed by atoms with Gasteiger partial charge in [-0.3, -0.25) is 0 Å². The Balaban J connectivity index is 1.97. The molecule has 0 N–H and O–H groups in total. The van der Waals surface area contributed by atoms with Crippen LogP contribution in [-0.4, -0.2) is 6.61 Å². The molecule has 150 valence electrons. The third-order valence-electron chi connectivity index (χ3n) is 4.26. The molecule has 2 aromatic carbocycles. The molecule has 0 saturated carbocycles. The van der Waals surface area contributed by atoms with Crippen molar-refractivity contribution in [2.24, 2.45) is 0 Å². The molecule has 0 aromatic heterocycles. The number of hydrogen-bond acceptors (Lipinski definition) is 1. The molecule has 1 nitrogen and oxygen atoms in total. The number of benzene rings is 2. The van der Waals surface area contributed by atoms with Gasteiger partial charge in [0.1, 0.15) is 5.75 Å². The van der Waals surface area contributed by atoms with Crippen molar-refractivity contribution in [3.8, 4) is 29.4 Å². The lowest BCUT2D eigenvalue weighted by atomic mass is 10.0. The van der Waals surface area contributed by atoms with Crippen LogP contribution in [-0.2, 0) is 6.42 Å². The molecule has 0 aliphatic heterocycles. The van der Waals surface area contributed by atoms with Crippen LogP contribution in [0.5, 0.6) is 5.75 Å². The Labute approximate surface area is 172 Å². The zero-order valence-corrected chi connectivity index (χ0v) is 17.0. The average molecular weight is 392 g/mol. The summed E-state index contributed by atoms with van der Waals surface area (Å²) in [5.41, 5.74) is 2.44. The van der Waals surface area contributed by atoms with Gasteiger partial charge in [-0.15, -0.1) is 0 Å². The zero-order valence-electron chi connectivity index (χ0n) is 17.0. The summed E-state index contributed by atoms with van der Waals surface area (Å²) in [6, 6.07) is 14.5. The summed E-state index contributed by atoms with van der Waals surface area (Å²) in [4.78, 5) is 0. The molecule has 29 heavy (non-hydrogen) atoms. The molecule has 0 amide bonds. The van der Waals surface area contributed by atoms with Gasteiger partial charge in [0.05, 0.1) is 6.61 Å². The fourth-order valence-corrected chi connectivity index (χ4v) is 2.68. The van der Waals surface area contributed by atoms with E-state index in [1.807, 2.05) is 31.2 Å². The minimum atomic E-state index is -1.17. The van der Waals surface area contributed by atoms with Crippen molar-refractivity contribution in [3.05, 3.63) is 76.9 Å². The van der Waals surface area contributed by atoms with Crippen molar-refractivity contribution >= 4 is 0 Å². The van der Waals surface area contributed by atoms with E-state index in [4.69, 9.17) is 4.74 Å². The molecule has 0 radical (unpaired) electrons. The molecule has 0 fully saturated rings. The monoisotopic (exact) mass is 392 g/mol. The van der Waals surface area contributed by atoms with Crippen LogP contribution in [0.4, 0.5) is 8.78 Å². The van der Waals surface area contributed by atoms with E-state index in [1.54, 1.807) is 24.3 Å². The van der Waals surface area contributed by atoms with E-state index in [2.05, 4.69) is 30.6 Å². The number of allylic oxidation sites excluding steroid dienone is 2. The Morgan fingerprint density at radius 3 is 1.83 bits per heavy atom. The van der Waals surface area contributed by atoms with Crippen LogP contribution < -0.4 is 4.74 Å². The first kappa shape index (κ1) is 22.3. The molecule has 0 atom stereocenters. The molecule has 0 saturated heterocycles. The second-order valence-corrected chi connectivity index (χ2v) is 6.59. The van der Waals surface area contributed by atoms with Gasteiger partial charge in [0.2, 0.25) is 11.7 Å². The smallest absolute Gasteiger partial charge is 0.217 e. The summed E-state index contributed by atoms with van der Waals surface area (Å²) in [6.45, 7) is 4.64. The Hall–Kier alpha value is -3.04. The minimum absolute atomic E-state index is 0.563. The van der Waals surface area contributed by atoms with Gasteiger partial charge in [-0.1, -0.05) is 50.2 Å². The van der Waals surface area contributed by atoms with Gasteiger partial charge in [0.15, 0.2) is 0 Å². The Morgan fingerprint density at radius 1 is 0.759 bits per heavy atom. The van der Waals surface area contributed by atoms with Gasteiger partial charge < -0.3 is 4.74 Å². The van der Waals surface area contributed by atoms with E-state index in [1.165, 1.54) is 24.8 Å². The molecule has 2 aromatic rings. The first-order valence-electron chi connectivity index (χ1n) is 10.0. The number of hydrogen-bond donors (Lipinski definition) is 0. The van der Waals surface area contributed by atoms with Crippen molar-refractivity contribution in [3.63, 3.8) is 0 Å². The summed E-state index contributed by atoms with van der Waals surface area (Å²) in [7, 11) is 0. The molecule has 0 bridgehead atoms. The minimum Gasteiger partial charge on any atom is -0.494 e. The quantitative estimate of drug-likeness (QED) is 0.373. The van der Waals surface area contributed by atoms with Crippen molar-refractivity contribution in [1.29, 1.82) is 0 Å². The molecular formula is C26H26F2O. The van der Waals surface area contributed by atoms with Crippen LogP contribution >= 0.6 is 0 Å². The van der Waals surface area contributed by atoms with E-state index < -0.39 is 11.7 Å². The fraction of sp³-hybridized carbons (Fsp3) is 0.308. The molecule has 0 aliphatic rings. The van der Waals surface area contributed by atoms with Crippen LogP contribution in [0.2, 0.25) is 0 Å². The number of ether oxygens (including phenoxy) is 1. The number of unbranched alkanes of at least 4 members (excludes halogenated alkanes) is 3. The summed E-state index contributed by atoms with van der Waals surface area (Å²) < 4.78 is 33.1. The van der Waals surface area contributed by atoms with Crippen molar-refractivity contribution in [2.75, 3.05) is 6.61 Å². The lowest BCUT2D eigenvalue weighted by Gasteiger charge is -2.01. The highest BCUT2D eigenvalue weighted by atomic mass is 19.2. The highest BCUT2D eigenvalue weighted by Crippen LogP contribution is 2.13. The van der Waals surface area contributed by atoms with Gasteiger partial charge >= 0.3 is 0 Å². The maximum Gasteiger partial charge on any atom is 0.217 e. The molecule has 3 heteroatoms. The molecule has 0 heterocycles. The maximum absolute atomic E-state index is 13.9. The lowest BCUT2D eigenvalue weighted by molar-refractivity contribution is 0.340. The van der Waals surface area contributed by atoms with E-state index in [0.29, 0.717) is 23.5 Å². The second kappa shape index (κ2) is 12.4. The van der Waals surface area contributed by atoms with E-state index >= 15 is 0 Å². The lowest BCUT2D eigenvalue weighted by Crippen LogP contribution is -1.90. The van der Waals surface area contributed by atoms with Crippen molar-refractivity contribution < 1.29 is 13.5 Å². The van der Waals surface area contributed by atoms with Crippen molar-refractivity contribution in [1.82, 2.24) is 0 Å². The summed E-state index contributed by atoms with van der Waals surface area (Å²) in [5.74, 6) is 7.98. The molecule has 0 unspecified atom stereocenters. The Kier molecular flexibility index (Phi) is 9.53. The SMILES string of the molecule is CCCCCCc1ccc(C#C/C(F)=C(\F)C#Cc2ccc(OCC)cc2)cc1. The van der Waals surface area contributed by atoms with Crippen LogP contribution in [0.15, 0.2) is 60.2 Å². The van der Waals surface area contributed by atoms with E-state index in [0.717, 1.165) is 12.8 Å². The van der Waals surface area contributed by atoms with Crippen LogP contribution in [0.1, 0.15) is 56.2 Å². The average Bonchev–Trinajstić information content (AvgIpc) is 2.75. The molecule has 0 spiro atoms. The highest BCUT2D eigenvalue weighted by molar-refractivity contribution is 5.46. The van der Waals surface area contributed by atoms with Gasteiger partial charge in [-0.25, -0.2) is 0 Å². The highest BCUT2D eigenvalue weighted by Gasteiger charge is 2.00. The molecule has 0 aliphatic carbocycles. The molecule has 2 rings (SSSR count). The van der Waals surface area contributed by atoms with Gasteiger partial charge in [-0.05, 0) is 73.6 Å². The fourth-order valence-electron chi connectivity index (χ4n) is 2.68. The number of halogens is 2. The summed E-state index contributed by atoms with van der Waals surface area (Å²) in [6.07, 6.45) is 5.88. The number of aryl methyl sites for hydroxylation is 1. The predicted molar refractivity (Wildman–Crippen MR) is 115 cm³/mol. The van der Waals surface area contributed by atoms with Crippen LogP contribution in [0, 0.1) is 23.7 Å². The summed E-state index contributed by atoms with van der Waals surface area (Å²) >= 11 is 0. The third kappa shape index (κ3) is 8.24. The standard InChI is InChI=1S/C26H26F2O/c1-3-5-6-7-8-21-9-11-22(12-10-21)15-19-25(27)26(28)20-16-23-13-17-24(18-14-23)29-4-2/h9-14,17-18H,3-8H2,1-2H3/b26-25+.